The molecule has 0 aliphatic rings. The number of anilines is 1. The van der Waals surface area contributed by atoms with E-state index in [1.807, 2.05) is 38.1 Å². The highest BCUT2D eigenvalue weighted by Gasteiger charge is 2.10. The van der Waals surface area contributed by atoms with Gasteiger partial charge < -0.3 is 10.5 Å². The van der Waals surface area contributed by atoms with Crippen LogP contribution in [0.15, 0.2) is 30.3 Å². The van der Waals surface area contributed by atoms with Crippen LogP contribution in [0.2, 0.25) is 10.0 Å². The van der Waals surface area contributed by atoms with Crippen molar-refractivity contribution in [2.45, 2.75) is 13.8 Å². The molecular formula is C15H15Cl2NO. The van der Waals surface area contributed by atoms with Gasteiger partial charge in [-0.3, -0.25) is 0 Å². The molecule has 2 aromatic carbocycles. The normalized spacial score (nSPS) is 10.5. The molecule has 0 aliphatic heterocycles. The van der Waals surface area contributed by atoms with Gasteiger partial charge in [0.25, 0.3) is 0 Å². The van der Waals surface area contributed by atoms with Crippen molar-refractivity contribution in [2.24, 2.45) is 0 Å². The summed E-state index contributed by atoms with van der Waals surface area (Å²) in [6.07, 6.45) is 0. The summed E-state index contributed by atoms with van der Waals surface area (Å²) in [6.45, 7) is 4.42. The largest absolute Gasteiger partial charge is 0.492 e. The first-order chi connectivity index (χ1) is 9.02. The molecule has 0 amide bonds. The molecule has 2 nitrogen and oxygen atoms in total. The van der Waals surface area contributed by atoms with E-state index in [-0.39, 0.29) is 0 Å². The van der Waals surface area contributed by atoms with E-state index in [9.17, 15) is 0 Å². The molecule has 100 valence electrons. The van der Waals surface area contributed by atoms with Gasteiger partial charge in [0.15, 0.2) is 0 Å². The van der Waals surface area contributed by atoms with E-state index in [1.165, 1.54) is 0 Å². The summed E-state index contributed by atoms with van der Waals surface area (Å²) in [5.74, 6) is 0.602. The Kier molecular flexibility index (Phi) is 4.23. The monoisotopic (exact) mass is 295 g/mol. The first-order valence-electron chi connectivity index (χ1n) is 6.01. The zero-order chi connectivity index (χ0) is 14.0. The van der Waals surface area contributed by atoms with Crippen LogP contribution >= 0.6 is 23.2 Å². The smallest absolute Gasteiger partial charge is 0.139 e. The van der Waals surface area contributed by atoms with Crippen LogP contribution in [0.3, 0.4) is 0 Å². The van der Waals surface area contributed by atoms with Gasteiger partial charge in [0.05, 0.1) is 16.7 Å². The second kappa shape index (κ2) is 5.72. The van der Waals surface area contributed by atoms with Crippen molar-refractivity contribution < 1.29 is 4.74 Å². The Morgan fingerprint density at radius 1 is 1.11 bits per heavy atom. The average molecular weight is 296 g/mol. The molecule has 19 heavy (non-hydrogen) atoms. The third-order valence-corrected chi connectivity index (χ3v) is 3.51. The molecule has 0 saturated carbocycles. The molecule has 2 N–H and O–H groups in total. The summed E-state index contributed by atoms with van der Waals surface area (Å²) in [5, 5.41) is 1.16. The first kappa shape index (κ1) is 14.0. The van der Waals surface area contributed by atoms with Crippen LogP contribution < -0.4 is 10.5 Å². The Morgan fingerprint density at radius 2 is 1.84 bits per heavy atom. The number of ether oxygens (including phenoxy) is 1. The summed E-state index contributed by atoms with van der Waals surface area (Å²) < 4.78 is 5.41. The summed E-state index contributed by atoms with van der Waals surface area (Å²) in [4.78, 5) is 0. The van der Waals surface area contributed by atoms with Gasteiger partial charge in [-0.15, -0.1) is 0 Å². The number of nitrogens with two attached hydrogens (primary N) is 1. The Labute approximate surface area is 123 Å². The number of aryl methyl sites for hydroxylation is 1. The summed E-state index contributed by atoms with van der Waals surface area (Å²) >= 11 is 12.5. The van der Waals surface area contributed by atoms with E-state index in [0.717, 1.165) is 22.4 Å². The van der Waals surface area contributed by atoms with Gasteiger partial charge in [0.1, 0.15) is 5.75 Å². The Hall–Kier alpha value is -1.38. The maximum Gasteiger partial charge on any atom is 0.139 e. The van der Waals surface area contributed by atoms with Gasteiger partial charge in [0, 0.05) is 17.3 Å². The molecule has 2 rings (SSSR count). The van der Waals surface area contributed by atoms with Crippen LogP contribution in [0.5, 0.6) is 5.75 Å². The fraction of sp³-hybridized carbons (Fsp3) is 0.200. The minimum absolute atomic E-state index is 0.552. The molecule has 0 radical (unpaired) electrons. The van der Waals surface area contributed by atoms with Crippen LogP contribution in [0.25, 0.3) is 11.1 Å². The summed E-state index contributed by atoms with van der Waals surface area (Å²) in [5.41, 5.74) is 9.45. The summed E-state index contributed by atoms with van der Waals surface area (Å²) in [7, 11) is 0. The van der Waals surface area contributed by atoms with Gasteiger partial charge in [-0.25, -0.2) is 0 Å². The third-order valence-electron chi connectivity index (χ3n) is 2.90. The fourth-order valence-electron chi connectivity index (χ4n) is 1.86. The van der Waals surface area contributed by atoms with Crippen molar-refractivity contribution in [3.8, 4) is 16.9 Å². The molecule has 0 saturated heterocycles. The maximum atomic E-state index is 6.29. The fourth-order valence-corrected chi connectivity index (χ4v) is 2.34. The van der Waals surface area contributed by atoms with E-state index in [1.54, 1.807) is 6.07 Å². The number of halogens is 2. The predicted octanol–water partition coefficient (Wildman–Crippen LogP) is 4.95. The van der Waals surface area contributed by atoms with Gasteiger partial charge in [-0.2, -0.15) is 0 Å². The molecule has 0 aromatic heterocycles. The molecule has 0 spiro atoms. The topological polar surface area (TPSA) is 35.2 Å². The summed E-state index contributed by atoms with van der Waals surface area (Å²) in [6, 6.07) is 9.35. The zero-order valence-electron chi connectivity index (χ0n) is 10.8. The van der Waals surface area contributed by atoms with Crippen LogP contribution in [-0.2, 0) is 0 Å². The number of benzene rings is 2. The lowest BCUT2D eigenvalue weighted by atomic mass is 10.0. The first-order valence-corrected chi connectivity index (χ1v) is 6.77. The lowest BCUT2D eigenvalue weighted by Gasteiger charge is -2.11. The maximum absolute atomic E-state index is 6.29. The Bertz CT molecular complexity index is 611. The van der Waals surface area contributed by atoms with E-state index in [4.69, 9.17) is 33.7 Å². The van der Waals surface area contributed by atoms with Crippen molar-refractivity contribution in [3.63, 3.8) is 0 Å². The Balaban J connectivity index is 2.50. The van der Waals surface area contributed by atoms with Crippen molar-refractivity contribution in [3.05, 3.63) is 45.9 Å². The predicted molar refractivity (Wildman–Crippen MR) is 82.2 cm³/mol. The molecule has 0 unspecified atom stereocenters. The van der Waals surface area contributed by atoms with Crippen molar-refractivity contribution in [2.75, 3.05) is 12.3 Å². The molecule has 0 atom stereocenters. The standard InChI is InChI=1S/C15H15Cl2NO/c1-3-19-15-8-12(16)11(7-13(15)17)10-4-5-14(18)9(2)6-10/h4-8H,3,18H2,1-2H3. The van der Waals surface area contributed by atoms with Crippen LogP contribution in [0.1, 0.15) is 12.5 Å². The molecule has 0 bridgehead atoms. The highest BCUT2D eigenvalue weighted by atomic mass is 35.5. The second-order valence-electron chi connectivity index (χ2n) is 4.27. The lowest BCUT2D eigenvalue weighted by molar-refractivity contribution is 0.340. The van der Waals surface area contributed by atoms with Gasteiger partial charge in [-0.1, -0.05) is 29.3 Å². The lowest BCUT2D eigenvalue weighted by Crippen LogP contribution is -1.94. The SMILES string of the molecule is CCOc1cc(Cl)c(-c2ccc(N)c(C)c2)cc1Cl. The Morgan fingerprint density at radius 3 is 2.47 bits per heavy atom. The molecule has 0 fully saturated rings. The number of hydrogen-bond acceptors (Lipinski definition) is 2. The highest BCUT2D eigenvalue weighted by Crippen LogP contribution is 2.37. The van der Waals surface area contributed by atoms with Crippen molar-refractivity contribution >= 4 is 28.9 Å². The molecule has 0 aliphatic carbocycles. The molecule has 0 heterocycles. The van der Waals surface area contributed by atoms with E-state index >= 15 is 0 Å². The molecular weight excluding hydrogens is 281 g/mol. The quantitative estimate of drug-likeness (QED) is 0.813. The van der Waals surface area contributed by atoms with E-state index in [0.29, 0.717) is 22.4 Å². The highest BCUT2D eigenvalue weighted by molar-refractivity contribution is 6.36. The van der Waals surface area contributed by atoms with Crippen LogP contribution in [0, 0.1) is 6.92 Å². The van der Waals surface area contributed by atoms with Crippen molar-refractivity contribution in [1.29, 1.82) is 0 Å². The number of rotatable bonds is 3. The average Bonchev–Trinajstić information content (AvgIpc) is 2.37. The number of nitrogen functional groups attached to an aromatic ring is 1. The minimum Gasteiger partial charge on any atom is -0.492 e. The number of hydrogen-bond donors (Lipinski definition) is 1. The third kappa shape index (κ3) is 2.96. The van der Waals surface area contributed by atoms with E-state index in [2.05, 4.69) is 0 Å². The molecule has 2 aromatic rings. The van der Waals surface area contributed by atoms with Crippen LogP contribution in [-0.4, -0.2) is 6.61 Å². The molecule has 4 heteroatoms. The van der Waals surface area contributed by atoms with Gasteiger partial charge in [-0.05, 0) is 43.2 Å². The van der Waals surface area contributed by atoms with Gasteiger partial charge >= 0.3 is 0 Å². The second-order valence-corrected chi connectivity index (χ2v) is 5.08. The van der Waals surface area contributed by atoms with E-state index < -0.39 is 0 Å². The van der Waals surface area contributed by atoms with Gasteiger partial charge in [0.2, 0.25) is 0 Å². The van der Waals surface area contributed by atoms with Crippen molar-refractivity contribution in [1.82, 2.24) is 0 Å². The zero-order valence-corrected chi connectivity index (χ0v) is 12.3. The minimum atomic E-state index is 0.552. The van der Waals surface area contributed by atoms with Crippen LogP contribution in [0.4, 0.5) is 5.69 Å².